The van der Waals surface area contributed by atoms with Crippen molar-refractivity contribution in [2.45, 2.75) is 0 Å². The molecule has 7 rings (SSSR count). The van der Waals surface area contributed by atoms with Crippen LogP contribution in [0.25, 0.3) is 62.3 Å². The number of fused-ring (bicyclic) bond motifs is 1. The van der Waals surface area contributed by atoms with Crippen LogP contribution in [0.15, 0.2) is 133 Å². The van der Waals surface area contributed by atoms with E-state index in [-0.39, 0.29) is 5.82 Å². The third-order valence-electron chi connectivity index (χ3n) is 6.72. The summed E-state index contributed by atoms with van der Waals surface area (Å²) >= 11 is 0. The van der Waals surface area contributed by atoms with E-state index in [9.17, 15) is 4.39 Å². The van der Waals surface area contributed by atoms with E-state index in [0.717, 1.165) is 44.8 Å². The summed E-state index contributed by atoms with van der Waals surface area (Å²) in [7, 11) is 0. The largest absolute Gasteiger partial charge is 0.292 e. The molecule has 0 bridgehead atoms. The zero-order chi connectivity index (χ0) is 26.9. The van der Waals surface area contributed by atoms with Gasteiger partial charge in [0.1, 0.15) is 11.6 Å². The van der Waals surface area contributed by atoms with Crippen molar-refractivity contribution < 1.29 is 4.39 Å². The molecule has 2 heterocycles. The Morgan fingerprint density at radius 1 is 0.450 bits per heavy atom. The summed E-state index contributed by atoms with van der Waals surface area (Å²) in [5.74, 6) is 2.24. The first-order valence-corrected chi connectivity index (χ1v) is 12.9. The van der Waals surface area contributed by atoms with Crippen LogP contribution in [0.2, 0.25) is 0 Å². The summed E-state index contributed by atoms with van der Waals surface area (Å²) in [5, 5.41) is 0. The number of para-hydroxylation sites is 2. The molecule has 0 aliphatic heterocycles. The van der Waals surface area contributed by atoms with Gasteiger partial charge in [0.15, 0.2) is 17.5 Å². The van der Waals surface area contributed by atoms with E-state index in [4.69, 9.17) is 19.9 Å². The number of nitrogens with zero attached hydrogens (tertiary/aromatic N) is 5. The molecule has 0 saturated carbocycles. The maximum absolute atomic E-state index is 13.8. The number of benzene rings is 5. The fourth-order valence-electron chi connectivity index (χ4n) is 4.81. The summed E-state index contributed by atoms with van der Waals surface area (Å²) in [4.78, 5) is 19.5. The molecule has 0 aliphatic carbocycles. The molecule has 0 amide bonds. The summed E-state index contributed by atoms with van der Waals surface area (Å²) in [5.41, 5.74) is 6.18. The van der Waals surface area contributed by atoms with Gasteiger partial charge in [-0.1, -0.05) is 91.0 Å². The molecule has 5 aromatic carbocycles. The maximum Gasteiger partial charge on any atom is 0.164 e. The van der Waals surface area contributed by atoms with Crippen molar-refractivity contribution in [3.63, 3.8) is 0 Å². The van der Waals surface area contributed by atoms with Crippen LogP contribution in [0.5, 0.6) is 0 Å². The molecular weight excluding hydrogens is 497 g/mol. The van der Waals surface area contributed by atoms with Crippen molar-refractivity contribution in [1.82, 2.24) is 24.5 Å². The van der Waals surface area contributed by atoms with Crippen molar-refractivity contribution in [1.29, 1.82) is 0 Å². The first-order valence-electron chi connectivity index (χ1n) is 12.9. The highest BCUT2D eigenvalue weighted by Crippen LogP contribution is 2.32. The van der Waals surface area contributed by atoms with E-state index in [2.05, 4.69) is 0 Å². The van der Waals surface area contributed by atoms with Crippen LogP contribution >= 0.6 is 0 Å². The average molecular weight is 520 g/mol. The van der Waals surface area contributed by atoms with E-state index in [1.807, 2.05) is 114 Å². The van der Waals surface area contributed by atoms with E-state index in [1.54, 1.807) is 12.1 Å². The fraction of sp³-hybridized carbons (Fsp3) is 0. The van der Waals surface area contributed by atoms with Crippen LogP contribution in [-0.2, 0) is 0 Å². The van der Waals surface area contributed by atoms with Crippen LogP contribution in [0.1, 0.15) is 0 Å². The van der Waals surface area contributed by atoms with Crippen LogP contribution in [-0.4, -0.2) is 24.5 Å². The normalized spacial score (nSPS) is 11.1. The lowest BCUT2D eigenvalue weighted by Crippen LogP contribution is -2.01. The highest BCUT2D eigenvalue weighted by Gasteiger charge is 2.17. The van der Waals surface area contributed by atoms with Gasteiger partial charge in [0.2, 0.25) is 0 Å². The van der Waals surface area contributed by atoms with Crippen LogP contribution in [0, 0.1) is 5.82 Å². The van der Waals surface area contributed by atoms with Gasteiger partial charge in [0, 0.05) is 27.9 Å². The van der Waals surface area contributed by atoms with Gasteiger partial charge >= 0.3 is 0 Å². The van der Waals surface area contributed by atoms with E-state index in [1.165, 1.54) is 12.1 Å². The van der Waals surface area contributed by atoms with Gasteiger partial charge < -0.3 is 0 Å². The zero-order valence-corrected chi connectivity index (χ0v) is 21.3. The minimum absolute atomic E-state index is 0.282. The first-order chi connectivity index (χ1) is 19.7. The highest BCUT2D eigenvalue weighted by atomic mass is 19.1. The Balaban J connectivity index is 1.40. The predicted octanol–water partition coefficient (Wildman–Crippen LogP) is 8.02. The number of hydrogen-bond acceptors (Lipinski definition) is 4. The van der Waals surface area contributed by atoms with Gasteiger partial charge in [-0.2, -0.15) is 0 Å². The topological polar surface area (TPSA) is 56.5 Å². The second-order valence-electron chi connectivity index (χ2n) is 9.36. The maximum atomic E-state index is 13.8. The molecule has 2 aromatic heterocycles. The van der Waals surface area contributed by atoms with Gasteiger partial charge in [0.25, 0.3) is 0 Å². The van der Waals surface area contributed by atoms with Crippen molar-refractivity contribution in [3.05, 3.63) is 139 Å². The number of aromatic nitrogens is 5. The van der Waals surface area contributed by atoms with Crippen molar-refractivity contribution in [2.75, 3.05) is 0 Å². The number of imidazole rings is 1. The van der Waals surface area contributed by atoms with Crippen LogP contribution < -0.4 is 0 Å². The minimum atomic E-state index is -0.282. The lowest BCUT2D eigenvalue weighted by Gasteiger charge is -2.11. The molecule has 0 N–H and O–H groups in total. The molecule has 0 radical (unpaired) electrons. The third kappa shape index (κ3) is 4.41. The Morgan fingerprint density at radius 2 is 0.975 bits per heavy atom. The highest BCUT2D eigenvalue weighted by molar-refractivity contribution is 5.84. The first kappa shape index (κ1) is 23.6. The average Bonchev–Trinajstić information content (AvgIpc) is 3.42. The van der Waals surface area contributed by atoms with E-state index < -0.39 is 0 Å². The summed E-state index contributed by atoms with van der Waals surface area (Å²) in [6.45, 7) is 0. The summed E-state index contributed by atoms with van der Waals surface area (Å²) in [6, 6.07) is 42.2. The Bertz CT molecular complexity index is 1890. The molecule has 5 nitrogen and oxygen atoms in total. The van der Waals surface area contributed by atoms with Crippen LogP contribution in [0.3, 0.4) is 0 Å². The Morgan fingerprint density at radius 3 is 1.62 bits per heavy atom. The summed E-state index contributed by atoms with van der Waals surface area (Å²) in [6.07, 6.45) is 0. The molecule has 6 heteroatoms. The minimum Gasteiger partial charge on any atom is -0.292 e. The summed E-state index contributed by atoms with van der Waals surface area (Å²) < 4.78 is 15.8. The predicted molar refractivity (Wildman–Crippen MR) is 156 cm³/mol. The van der Waals surface area contributed by atoms with Gasteiger partial charge in [-0.05, 0) is 42.5 Å². The Labute approximate surface area is 230 Å². The molecule has 0 saturated heterocycles. The molecule has 0 aliphatic rings. The lowest BCUT2D eigenvalue weighted by molar-refractivity contribution is 0.627. The molecule has 7 aromatic rings. The van der Waals surface area contributed by atoms with Crippen molar-refractivity contribution >= 4 is 11.0 Å². The SMILES string of the molecule is Fc1ccc(-n2c(-c3cccc(-c4nc(-c5ccccc5)nc(-c5ccccc5)n4)c3)nc3ccccc32)cc1. The molecule has 0 spiro atoms. The molecule has 0 unspecified atom stereocenters. The molecule has 0 fully saturated rings. The number of hydrogen-bond donors (Lipinski definition) is 0. The van der Waals surface area contributed by atoms with Gasteiger partial charge in [-0.25, -0.2) is 24.3 Å². The second-order valence-corrected chi connectivity index (χ2v) is 9.36. The second kappa shape index (κ2) is 10.0. The lowest BCUT2D eigenvalue weighted by atomic mass is 10.1. The van der Waals surface area contributed by atoms with Gasteiger partial charge in [-0.3, -0.25) is 4.57 Å². The van der Waals surface area contributed by atoms with Gasteiger partial charge in [-0.15, -0.1) is 0 Å². The molecular formula is C34H22FN5. The standard InChI is InChI=1S/C34H22FN5/c35-27-18-20-28(21-19-27)40-30-17-8-7-16-29(30)36-34(40)26-15-9-14-25(22-26)33-38-31(23-10-3-1-4-11-23)37-32(39-33)24-12-5-2-6-13-24/h1-22H. The third-order valence-corrected chi connectivity index (χ3v) is 6.72. The fourth-order valence-corrected chi connectivity index (χ4v) is 4.81. The quantitative estimate of drug-likeness (QED) is 0.231. The molecule has 0 atom stereocenters. The van der Waals surface area contributed by atoms with Crippen molar-refractivity contribution in [3.8, 4) is 51.2 Å². The van der Waals surface area contributed by atoms with E-state index in [0.29, 0.717) is 17.5 Å². The molecule has 190 valence electrons. The monoisotopic (exact) mass is 519 g/mol. The van der Waals surface area contributed by atoms with Gasteiger partial charge in [0.05, 0.1) is 11.0 Å². The number of rotatable bonds is 5. The Hall–Kier alpha value is -5.49. The van der Waals surface area contributed by atoms with Crippen molar-refractivity contribution in [2.24, 2.45) is 0 Å². The smallest absolute Gasteiger partial charge is 0.164 e. The van der Waals surface area contributed by atoms with E-state index >= 15 is 0 Å². The van der Waals surface area contributed by atoms with Crippen LogP contribution in [0.4, 0.5) is 4.39 Å². The Kier molecular flexibility index (Phi) is 5.90. The number of halogens is 1. The zero-order valence-electron chi connectivity index (χ0n) is 21.3. The molecule has 40 heavy (non-hydrogen) atoms.